The first kappa shape index (κ1) is 11.2. The Morgan fingerprint density at radius 3 is 2.94 bits per heavy atom. The number of methoxy groups -OCH3 is 1. The lowest BCUT2D eigenvalue weighted by Crippen LogP contribution is -2.22. The number of aromatic amines is 1. The summed E-state index contributed by atoms with van der Waals surface area (Å²) >= 11 is 0. The highest BCUT2D eigenvalue weighted by Gasteiger charge is 2.22. The van der Waals surface area contributed by atoms with Crippen molar-refractivity contribution in [2.24, 2.45) is 0 Å². The van der Waals surface area contributed by atoms with Crippen LogP contribution in [0.5, 0.6) is 0 Å². The number of fused-ring (bicyclic) bond motifs is 1. The van der Waals surface area contributed by atoms with E-state index >= 15 is 0 Å². The van der Waals surface area contributed by atoms with Crippen LogP contribution in [0.2, 0.25) is 0 Å². The summed E-state index contributed by atoms with van der Waals surface area (Å²) in [7, 11) is 1.64. The molecular weight excluding hydrogens is 202 g/mol. The minimum atomic E-state index is -0.832. The predicted octanol–water partition coefficient (Wildman–Crippen LogP) is 2.41. The van der Waals surface area contributed by atoms with E-state index in [1.54, 1.807) is 7.11 Å². The van der Waals surface area contributed by atoms with Gasteiger partial charge in [0.1, 0.15) is 0 Å². The van der Waals surface area contributed by atoms with E-state index in [-0.39, 0.29) is 0 Å². The number of aliphatic hydroxyl groups is 1. The van der Waals surface area contributed by atoms with Gasteiger partial charge in [-0.05, 0) is 36.1 Å². The summed E-state index contributed by atoms with van der Waals surface area (Å²) in [4.78, 5) is 3.14. The molecule has 16 heavy (non-hydrogen) atoms. The first-order chi connectivity index (χ1) is 7.63. The van der Waals surface area contributed by atoms with Gasteiger partial charge < -0.3 is 14.8 Å². The number of aromatic nitrogens is 1. The maximum Gasteiger partial charge on any atom is 0.0890 e. The van der Waals surface area contributed by atoms with Crippen LogP contribution in [0.1, 0.15) is 18.9 Å². The normalized spacial score (nSPS) is 15.2. The summed E-state index contributed by atoms with van der Waals surface area (Å²) in [6.07, 6.45) is 2.50. The molecule has 1 heterocycles. The fourth-order valence-electron chi connectivity index (χ4n) is 1.83. The standard InChI is InChI=1S/C13H17NO2/c1-13(15,6-8-16-2)11-3-4-12-10(9-11)5-7-14-12/h3-5,7,9,14-15H,6,8H2,1-2H3. The molecule has 0 aliphatic rings. The maximum absolute atomic E-state index is 10.3. The van der Waals surface area contributed by atoms with Gasteiger partial charge in [0.05, 0.1) is 5.60 Å². The van der Waals surface area contributed by atoms with Crippen molar-refractivity contribution in [2.75, 3.05) is 13.7 Å². The molecule has 2 rings (SSSR count). The van der Waals surface area contributed by atoms with E-state index in [0.717, 1.165) is 16.5 Å². The van der Waals surface area contributed by atoms with Crippen molar-refractivity contribution in [3.05, 3.63) is 36.0 Å². The largest absolute Gasteiger partial charge is 0.385 e. The molecule has 2 N–H and O–H groups in total. The predicted molar refractivity (Wildman–Crippen MR) is 64.4 cm³/mol. The van der Waals surface area contributed by atoms with E-state index in [1.165, 1.54) is 0 Å². The zero-order valence-electron chi connectivity index (χ0n) is 9.66. The fraction of sp³-hybridized carbons (Fsp3) is 0.385. The van der Waals surface area contributed by atoms with E-state index in [4.69, 9.17) is 4.74 Å². The van der Waals surface area contributed by atoms with Crippen molar-refractivity contribution in [1.29, 1.82) is 0 Å². The number of nitrogens with one attached hydrogen (secondary N) is 1. The summed E-state index contributed by atoms with van der Waals surface area (Å²) in [6, 6.07) is 7.97. The zero-order chi connectivity index (χ0) is 11.6. The molecule has 3 heteroatoms. The molecule has 1 aromatic heterocycles. The van der Waals surface area contributed by atoms with Crippen LogP contribution in [0.3, 0.4) is 0 Å². The van der Waals surface area contributed by atoms with Crippen molar-refractivity contribution in [2.45, 2.75) is 18.9 Å². The van der Waals surface area contributed by atoms with Gasteiger partial charge in [-0.2, -0.15) is 0 Å². The second-order valence-corrected chi connectivity index (χ2v) is 4.30. The van der Waals surface area contributed by atoms with Crippen LogP contribution in [-0.4, -0.2) is 23.8 Å². The van der Waals surface area contributed by atoms with Gasteiger partial charge in [-0.3, -0.25) is 0 Å². The Hall–Kier alpha value is -1.32. The molecular formula is C13H17NO2. The molecule has 2 aromatic rings. The second kappa shape index (κ2) is 4.28. The zero-order valence-corrected chi connectivity index (χ0v) is 9.66. The topological polar surface area (TPSA) is 45.2 Å². The molecule has 0 spiro atoms. The Balaban J connectivity index is 2.30. The number of hydrogen-bond donors (Lipinski definition) is 2. The molecule has 0 bridgehead atoms. The highest BCUT2D eigenvalue weighted by atomic mass is 16.5. The van der Waals surface area contributed by atoms with Crippen molar-refractivity contribution in [3.8, 4) is 0 Å². The van der Waals surface area contributed by atoms with Crippen molar-refractivity contribution in [3.63, 3.8) is 0 Å². The summed E-state index contributed by atoms with van der Waals surface area (Å²) in [5.41, 5.74) is 1.18. The number of H-pyrrole nitrogens is 1. The molecule has 0 saturated heterocycles. The smallest absolute Gasteiger partial charge is 0.0890 e. The lowest BCUT2D eigenvalue weighted by atomic mass is 9.92. The van der Waals surface area contributed by atoms with E-state index < -0.39 is 5.60 Å². The number of hydrogen-bond acceptors (Lipinski definition) is 2. The number of rotatable bonds is 4. The third-order valence-corrected chi connectivity index (χ3v) is 2.97. The van der Waals surface area contributed by atoms with Crippen LogP contribution in [0.15, 0.2) is 30.5 Å². The van der Waals surface area contributed by atoms with Crippen LogP contribution >= 0.6 is 0 Å². The molecule has 1 atom stereocenters. The average molecular weight is 219 g/mol. The molecule has 1 aromatic carbocycles. The van der Waals surface area contributed by atoms with Gasteiger partial charge in [-0.1, -0.05) is 6.07 Å². The lowest BCUT2D eigenvalue weighted by molar-refractivity contribution is 0.0211. The summed E-state index contributed by atoms with van der Waals surface area (Å²) in [5, 5.41) is 11.4. The first-order valence-corrected chi connectivity index (χ1v) is 5.42. The summed E-state index contributed by atoms with van der Waals surface area (Å²) in [6.45, 7) is 2.37. The Morgan fingerprint density at radius 2 is 2.19 bits per heavy atom. The minimum absolute atomic E-state index is 0.554. The van der Waals surface area contributed by atoms with Crippen molar-refractivity contribution in [1.82, 2.24) is 4.98 Å². The molecule has 0 aliphatic heterocycles. The average Bonchev–Trinajstić information content (AvgIpc) is 2.73. The van der Waals surface area contributed by atoms with Gasteiger partial charge in [0, 0.05) is 31.9 Å². The van der Waals surface area contributed by atoms with E-state index in [1.807, 2.05) is 37.4 Å². The van der Waals surface area contributed by atoms with Crippen LogP contribution in [0.4, 0.5) is 0 Å². The van der Waals surface area contributed by atoms with Gasteiger partial charge in [0.15, 0.2) is 0 Å². The van der Waals surface area contributed by atoms with Gasteiger partial charge in [0.2, 0.25) is 0 Å². The molecule has 0 radical (unpaired) electrons. The summed E-state index contributed by atoms with van der Waals surface area (Å²) < 4.78 is 5.01. The van der Waals surface area contributed by atoms with Gasteiger partial charge in [-0.25, -0.2) is 0 Å². The first-order valence-electron chi connectivity index (χ1n) is 5.42. The fourth-order valence-corrected chi connectivity index (χ4v) is 1.83. The third-order valence-electron chi connectivity index (χ3n) is 2.97. The van der Waals surface area contributed by atoms with Crippen LogP contribution in [0.25, 0.3) is 10.9 Å². The quantitative estimate of drug-likeness (QED) is 0.829. The molecule has 3 nitrogen and oxygen atoms in total. The molecule has 0 amide bonds. The van der Waals surface area contributed by atoms with Gasteiger partial charge >= 0.3 is 0 Å². The Kier molecular flexibility index (Phi) is 2.99. The van der Waals surface area contributed by atoms with Gasteiger partial charge in [-0.15, -0.1) is 0 Å². The van der Waals surface area contributed by atoms with E-state index in [9.17, 15) is 5.11 Å². The Labute approximate surface area is 95.1 Å². The second-order valence-electron chi connectivity index (χ2n) is 4.30. The third kappa shape index (κ3) is 2.10. The monoisotopic (exact) mass is 219 g/mol. The minimum Gasteiger partial charge on any atom is -0.385 e. The molecule has 0 saturated carbocycles. The highest BCUT2D eigenvalue weighted by Crippen LogP contribution is 2.27. The highest BCUT2D eigenvalue weighted by molar-refractivity contribution is 5.80. The SMILES string of the molecule is COCCC(C)(O)c1ccc2[nH]ccc2c1. The van der Waals surface area contributed by atoms with E-state index in [2.05, 4.69) is 4.98 Å². The Morgan fingerprint density at radius 1 is 1.38 bits per heavy atom. The van der Waals surface area contributed by atoms with Crippen molar-refractivity contribution < 1.29 is 9.84 Å². The van der Waals surface area contributed by atoms with Crippen molar-refractivity contribution >= 4 is 10.9 Å². The molecule has 1 unspecified atom stereocenters. The summed E-state index contributed by atoms with van der Waals surface area (Å²) in [5.74, 6) is 0. The van der Waals surface area contributed by atoms with Crippen LogP contribution in [-0.2, 0) is 10.3 Å². The molecule has 86 valence electrons. The lowest BCUT2D eigenvalue weighted by Gasteiger charge is -2.23. The van der Waals surface area contributed by atoms with E-state index in [0.29, 0.717) is 13.0 Å². The maximum atomic E-state index is 10.3. The van der Waals surface area contributed by atoms with Crippen LogP contribution in [0, 0.1) is 0 Å². The van der Waals surface area contributed by atoms with Crippen LogP contribution < -0.4 is 0 Å². The molecule has 0 fully saturated rings. The number of benzene rings is 1. The molecule has 0 aliphatic carbocycles. The number of ether oxygens (including phenoxy) is 1. The van der Waals surface area contributed by atoms with Gasteiger partial charge in [0.25, 0.3) is 0 Å². The Bertz CT molecular complexity index is 473.